The minimum atomic E-state index is -0.800. The van der Waals surface area contributed by atoms with Crippen molar-refractivity contribution in [2.45, 2.75) is 13.5 Å². The van der Waals surface area contributed by atoms with E-state index in [9.17, 15) is 9.90 Å². The molecule has 9 nitrogen and oxygen atoms in total. The minimum absolute atomic E-state index is 0.0634. The molecule has 3 rings (SSSR count). The molecule has 0 aliphatic carbocycles. The quantitative estimate of drug-likeness (QED) is 0.713. The van der Waals surface area contributed by atoms with Gasteiger partial charge in [0, 0.05) is 11.9 Å². The number of nitrogen functional groups attached to an aromatic ring is 1. The lowest BCUT2D eigenvalue weighted by molar-refractivity contribution is 0.0986. The van der Waals surface area contributed by atoms with Crippen LogP contribution in [0.3, 0.4) is 0 Å². The number of aromatic nitrogens is 3. The fourth-order valence-corrected chi connectivity index (χ4v) is 2.18. The molecular weight excluding hydrogens is 288 g/mol. The summed E-state index contributed by atoms with van der Waals surface area (Å²) >= 11 is 0. The molecule has 0 aliphatic rings. The molecule has 0 spiro atoms. The number of para-hydroxylation sites is 1. The number of nitrogens with two attached hydrogens (primary N) is 1. The number of nitrogens with zero attached hydrogens (tertiary/aromatic N) is 5. The van der Waals surface area contributed by atoms with Crippen molar-refractivity contribution in [3.63, 3.8) is 0 Å². The molecule has 22 heavy (non-hydrogen) atoms. The smallest absolute Gasteiger partial charge is 0.321 e. The molecule has 0 saturated heterocycles. The summed E-state index contributed by atoms with van der Waals surface area (Å²) < 4.78 is 6.00. The summed E-state index contributed by atoms with van der Waals surface area (Å²) in [7, 11) is 0. The SMILES string of the molecule is CCn1c(O)c(N=NC(=O)c2nonc2N)c2ccccc21. The molecule has 0 radical (unpaired) electrons. The number of carbonyl (C=O) groups is 1. The first kappa shape index (κ1) is 13.7. The Balaban J connectivity index is 2.04. The number of amides is 1. The van der Waals surface area contributed by atoms with Crippen LogP contribution < -0.4 is 5.73 Å². The largest absolute Gasteiger partial charge is 0.493 e. The van der Waals surface area contributed by atoms with E-state index in [0.29, 0.717) is 11.9 Å². The van der Waals surface area contributed by atoms with E-state index in [-0.39, 0.29) is 23.1 Å². The second-order valence-corrected chi connectivity index (χ2v) is 4.44. The standard InChI is InChI=1S/C13H12N6O3/c1-2-19-8-6-4-3-5-7(8)9(13(19)21)15-16-12(20)10-11(14)18-22-17-10/h3-6,21H,2H2,1H3,(H2,14,18). The van der Waals surface area contributed by atoms with E-state index in [1.807, 2.05) is 25.1 Å². The lowest BCUT2D eigenvalue weighted by Gasteiger charge is -2.00. The van der Waals surface area contributed by atoms with Crippen molar-refractivity contribution in [2.24, 2.45) is 10.2 Å². The molecule has 0 aliphatic heterocycles. The molecular formula is C13H12N6O3. The van der Waals surface area contributed by atoms with E-state index in [1.165, 1.54) is 0 Å². The Morgan fingerprint density at radius 2 is 2.18 bits per heavy atom. The van der Waals surface area contributed by atoms with Gasteiger partial charge in [-0.2, -0.15) is 0 Å². The predicted molar refractivity (Wildman–Crippen MR) is 76.8 cm³/mol. The number of aromatic hydroxyl groups is 1. The normalized spacial score (nSPS) is 11.5. The molecule has 1 amide bonds. The zero-order valence-corrected chi connectivity index (χ0v) is 11.6. The summed E-state index contributed by atoms with van der Waals surface area (Å²) in [5.74, 6) is -1.03. The summed E-state index contributed by atoms with van der Waals surface area (Å²) in [5.41, 5.74) is 6.20. The summed E-state index contributed by atoms with van der Waals surface area (Å²) in [5, 5.41) is 24.9. The van der Waals surface area contributed by atoms with Gasteiger partial charge in [-0.25, -0.2) is 4.63 Å². The number of fused-ring (bicyclic) bond motifs is 1. The van der Waals surface area contributed by atoms with E-state index in [1.54, 1.807) is 10.6 Å². The fourth-order valence-electron chi connectivity index (χ4n) is 2.18. The predicted octanol–water partition coefficient (Wildman–Crippen LogP) is 2.26. The van der Waals surface area contributed by atoms with Gasteiger partial charge in [0.2, 0.25) is 17.4 Å². The van der Waals surface area contributed by atoms with Gasteiger partial charge in [0.25, 0.3) is 0 Å². The van der Waals surface area contributed by atoms with E-state index in [2.05, 4.69) is 25.2 Å². The van der Waals surface area contributed by atoms with Gasteiger partial charge in [0.1, 0.15) is 0 Å². The third-order valence-electron chi connectivity index (χ3n) is 3.19. The number of benzene rings is 1. The molecule has 3 N–H and O–H groups in total. The third kappa shape index (κ3) is 2.08. The summed E-state index contributed by atoms with van der Waals surface area (Å²) in [6.07, 6.45) is 0. The average molecular weight is 300 g/mol. The van der Waals surface area contributed by atoms with Crippen molar-refractivity contribution < 1.29 is 14.5 Å². The Hall–Kier alpha value is -3.23. The van der Waals surface area contributed by atoms with Gasteiger partial charge >= 0.3 is 5.91 Å². The highest BCUT2D eigenvalue weighted by Gasteiger charge is 2.18. The monoisotopic (exact) mass is 300 g/mol. The second-order valence-electron chi connectivity index (χ2n) is 4.44. The van der Waals surface area contributed by atoms with Crippen LogP contribution in [0.15, 0.2) is 39.1 Å². The van der Waals surface area contributed by atoms with Crippen LogP contribution in [0.25, 0.3) is 10.9 Å². The first-order valence-electron chi connectivity index (χ1n) is 6.47. The highest BCUT2D eigenvalue weighted by Crippen LogP contribution is 2.38. The van der Waals surface area contributed by atoms with Crippen molar-refractivity contribution >= 4 is 28.3 Å². The highest BCUT2D eigenvalue weighted by atomic mass is 16.6. The van der Waals surface area contributed by atoms with Gasteiger partial charge in [-0.05, 0) is 23.3 Å². The van der Waals surface area contributed by atoms with Crippen LogP contribution in [-0.2, 0) is 6.54 Å². The summed E-state index contributed by atoms with van der Waals surface area (Å²) in [6, 6.07) is 7.29. The molecule has 1 aromatic carbocycles. The van der Waals surface area contributed by atoms with Gasteiger partial charge < -0.3 is 15.4 Å². The van der Waals surface area contributed by atoms with Crippen LogP contribution in [-0.4, -0.2) is 25.9 Å². The first-order valence-corrected chi connectivity index (χ1v) is 6.47. The van der Waals surface area contributed by atoms with Gasteiger partial charge in [0.05, 0.1) is 5.52 Å². The summed E-state index contributed by atoms with van der Waals surface area (Å²) in [6.45, 7) is 2.44. The number of aryl methyl sites for hydroxylation is 1. The maximum atomic E-state index is 11.8. The number of hydrogen-bond donors (Lipinski definition) is 2. The Bertz CT molecular complexity index is 879. The highest BCUT2D eigenvalue weighted by molar-refractivity contribution is 5.98. The van der Waals surface area contributed by atoms with Crippen LogP contribution in [0.5, 0.6) is 5.88 Å². The van der Waals surface area contributed by atoms with Crippen LogP contribution in [0.1, 0.15) is 17.4 Å². The molecule has 3 aromatic rings. The van der Waals surface area contributed by atoms with E-state index in [4.69, 9.17) is 5.73 Å². The van der Waals surface area contributed by atoms with Gasteiger partial charge in [0.15, 0.2) is 5.69 Å². The fraction of sp³-hybridized carbons (Fsp3) is 0.154. The first-order chi connectivity index (χ1) is 10.6. The van der Waals surface area contributed by atoms with Gasteiger partial charge in [-0.1, -0.05) is 18.2 Å². The topological polar surface area (TPSA) is 132 Å². The molecule has 2 aromatic heterocycles. The zero-order valence-electron chi connectivity index (χ0n) is 11.6. The molecule has 2 heterocycles. The molecule has 0 unspecified atom stereocenters. The van der Waals surface area contributed by atoms with Crippen molar-refractivity contribution in [2.75, 3.05) is 5.73 Å². The van der Waals surface area contributed by atoms with Crippen LogP contribution >= 0.6 is 0 Å². The molecule has 9 heteroatoms. The molecule has 0 bridgehead atoms. The number of hydrogen-bond acceptors (Lipinski definition) is 7. The van der Waals surface area contributed by atoms with Gasteiger partial charge in [-0.15, -0.1) is 10.2 Å². The van der Waals surface area contributed by atoms with Crippen LogP contribution in [0.2, 0.25) is 0 Å². The molecule has 0 fully saturated rings. The molecule has 112 valence electrons. The Labute approximate surface area is 124 Å². The number of rotatable bonds is 3. The van der Waals surface area contributed by atoms with Crippen molar-refractivity contribution in [3.05, 3.63) is 30.0 Å². The lowest BCUT2D eigenvalue weighted by Crippen LogP contribution is -1.99. The summed E-state index contributed by atoms with van der Waals surface area (Å²) in [4.78, 5) is 11.8. The Morgan fingerprint density at radius 3 is 2.86 bits per heavy atom. The third-order valence-corrected chi connectivity index (χ3v) is 3.19. The van der Waals surface area contributed by atoms with Crippen molar-refractivity contribution in [3.8, 4) is 5.88 Å². The van der Waals surface area contributed by atoms with Gasteiger partial charge in [-0.3, -0.25) is 4.79 Å². The zero-order chi connectivity index (χ0) is 15.7. The Kier molecular flexibility index (Phi) is 3.30. The average Bonchev–Trinajstić information content (AvgIpc) is 3.06. The lowest BCUT2D eigenvalue weighted by atomic mass is 10.2. The van der Waals surface area contributed by atoms with E-state index < -0.39 is 5.91 Å². The number of anilines is 1. The number of carbonyl (C=O) groups excluding carboxylic acids is 1. The number of azo groups is 1. The maximum Gasteiger partial charge on any atom is 0.321 e. The maximum absolute atomic E-state index is 11.8. The van der Waals surface area contributed by atoms with Crippen LogP contribution in [0.4, 0.5) is 11.5 Å². The van der Waals surface area contributed by atoms with Crippen LogP contribution in [0, 0.1) is 0 Å². The molecule has 0 atom stereocenters. The second kappa shape index (κ2) is 5.28. The van der Waals surface area contributed by atoms with Crippen molar-refractivity contribution in [1.82, 2.24) is 14.9 Å². The Morgan fingerprint density at radius 1 is 1.41 bits per heavy atom. The molecule has 0 saturated carbocycles. The van der Waals surface area contributed by atoms with E-state index >= 15 is 0 Å². The van der Waals surface area contributed by atoms with E-state index in [0.717, 1.165) is 5.52 Å². The minimum Gasteiger partial charge on any atom is -0.493 e. The van der Waals surface area contributed by atoms with Crippen molar-refractivity contribution in [1.29, 1.82) is 0 Å².